The maximum Gasteiger partial charge on any atom is 0.189 e. The minimum Gasteiger partial charge on any atom is -0.497 e. The Labute approximate surface area is 131 Å². The zero-order valence-corrected chi connectivity index (χ0v) is 13.3. The molecule has 112 valence electrons. The largest absolute Gasteiger partial charge is 0.497 e. The van der Waals surface area contributed by atoms with Gasteiger partial charge >= 0.3 is 0 Å². The van der Waals surface area contributed by atoms with Gasteiger partial charge in [0, 0.05) is 11.1 Å². The quantitative estimate of drug-likeness (QED) is 0.760. The van der Waals surface area contributed by atoms with E-state index >= 15 is 0 Å². The number of fused-ring (bicyclic) bond motifs is 1. The zero-order valence-electron chi connectivity index (χ0n) is 13.3. The van der Waals surface area contributed by atoms with Crippen LogP contribution < -0.4 is 4.74 Å². The van der Waals surface area contributed by atoms with Gasteiger partial charge in [0.2, 0.25) is 0 Å². The standard InChI is InChI=1S/C20H20O2/c1-13-4-5-14(2)17(10-13)11-16-7-6-15-12-18(22-3)8-9-19(15)20(16)21/h4-5,8-12H,6-7H2,1-3H3. The summed E-state index contributed by atoms with van der Waals surface area (Å²) in [5.74, 6) is 0.957. The van der Waals surface area contributed by atoms with E-state index < -0.39 is 0 Å². The Kier molecular flexibility index (Phi) is 3.84. The summed E-state index contributed by atoms with van der Waals surface area (Å²) in [4.78, 5) is 12.7. The molecule has 0 unspecified atom stereocenters. The molecule has 0 saturated carbocycles. The molecule has 2 heteroatoms. The third-order valence-corrected chi connectivity index (χ3v) is 4.28. The second-order valence-corrected chi connectivity index (χ2v) is 5.88. The molecule has 0 spiro atoms. The van der Waals surface area contributed by atoms with Crippen LogP contribution in [-0.2, 0) is 6.42 Å². The van der Waals surface area contributed by atoms with Crippen LogP contribution in [0.4, 0.5) is 0 Å². The molecule has 1 aliphatic carbocycles. The van der Waals surface area contributed by atoms with Gasteiger partial charge in [-0.2, -0.15) is 0 Å². The van der Waals surface area contributed by atoms with Gasteiger partial charge in [-0.15, -0.1) is 0 Å². The molecule has 22 heavy (non-hydrogen) atoms. The predicted octanol–water partition coefficient (Wildman–Crippen LogP) is 4.52. The van der Waals surface area contributed by atoms with E-state index in [-0.39, 0.29) is 5.78 Å². The molecule has 0 heterocycles. The molecule has 0 radical (unpaired) electrons. The Balaban J connectivity index is 1.99. The zero-order chi connectivity index (χ0) is 15.7. The van der Waals surface area contributed by atoms with E-state index in [1.165, 1.54) is 11.1 Å². The van der Waals surface area contributed by atoms with Crippen LogP contribution in [0, 0.1) is 13.8 Å². The average molecular weight is 292 g/mol. The monoisotopic (exact) mass is 292 g/mol. The smallest absolute Gasteiger partial charge is 0.189 e. The van der Waals surface area contributed by atoms with Gasteiger partial charge in [0.1, 0.15) is 5.75 Å². The van der Waals surface area contributed by atoms with Crippen molar-refractivity contribution >= 4 is 11.9 Å². The summed E-state index contributed by atoms with van der Waals surface area (Å²) in [6.45, 7) is 4.16. The fourth-order valence-electron chi connectivity index (χ4n) is 2.92. The molecule has 1 aliphatic rings. The first-order valence-corrected chi connectivity index (χ1v) is 7.58. The number of rotatable bonds is 2. The van der Waals surface area contributed by atoms with Gasteiger partial charge in [0.25, 0.3) is 0 Å². The second-order valence-electron chi connectivity index (χ2n) is 5.88. The van der Waals surface area contributed by atoms with Gasteiger partial charge in [0.15, 0.2) is 5.78 Å². The van der Waals surface area contributed by atoms with Crippen molar-refractivity contribution in [3.63, 3.8) is 0 Å². The van der Waals surface area contributed by atoms with Crippen molar-refractivity contribution in [2.45, 2.75) is 26.7 Å². The van der Waals surface area contributed by atoms with E-state index in [0.717, 1.165) is 40.9 Å². The van der Waals surface area contributed by atoms with Crippen LogP contribution in [0.25, 0.3) is 6.08 Å². The van der Waals surface area contributed by atoms with Crippen molar-refractivity contribution in [3.8, 4) is 5.75 Å². The summed E-state index contributed by atoms with van der Waals surface area (Å²) in [5.41, 5.74) is 6.34. The molecule has 0 fully saturated rings. The molecule has 0 bridgehead atoms. The summed E-state index contributed by atoms with van der Waals surface area (Å²) in [7, 11) is 1.65. The minimum atomic E-state index is 0.143. The lowest BCUT2D eigenvalue weighted by molar-refractivity contribution is 0.102. The van der Waals surface area contributed by atoms with Crippen molar-refractivity contribution in [2.75, 3.05) is 7.11 Å². The highest BCUT2D eigenvalue weighted by Crippen LogP contribution is 2.30. The van der Waals surface area contributed by atoms with Gasteiger partial charge in [-0.3, -0.25) is 4.79 Å². The summed E-state index contributed by atoms with van der Waals surface area (Å²) in [6.07, 6.45) is 3.72. The van der Waals surface area contributed by atoms with E-state index in [0.29, 0.717) is 0 Å². The number of hydrogen-bond acceptors (Lipinski definition) is 2. The minimum absolute atomic E-state index is 0.143. The normalized spacial score (nSPS) is 15.8. The summed E-state index contributed by atoms with van der Waals surface area (Å²) in [6, 6.07) is 12.1. The molecule has 2 nitrogen and oxygen atoms in total. The fraction of sp³-hybridized carbons (Fsp3) is 0.250. The van der Waals surface area contributed by atoms with E-state index in [1.807, 2.05) is 18.2 Å². The van der Waals surface area contributed by atoms with E-state index in [4.69, 9.17) is 4.74 Å². The van der Waals surface area contributed by atoms with Crippen molar-refractivity contribution in [1.29, 1.82) is 0 Å². The highest BCUT2D eigenvalue weighted by atomic mass is 16.5. The number of aryl methyl sites for hydroxylation is 3. The molecule has 3 rings (SSSR count). The number of Topliss-reactive ketones (excluding diaryl/α,β-unsaturated/α-hetero) is 1. The molecule has 0 aliphatic heterocycles. The Bertz CT molecular complexity index is 769. The molecule has 2 aromatic rings. The Hall–Kier alpha value is -2.35. The van der Waals surface area contributed by atoms with Crippen molar-refractivity contribution < 1.29 is 9.53 Å². The molecule has 0 atom stereocenters. The Morgan fingerprint density at radius 3 is 2.64 bits per heavy atom. The van der Waals surface area contributed by atoms with Gasteiger partial charge < -0.3 is 4.74 Å². The molecule has 2 aromatic carbocycles. The van der Waals surface area contributed by atoms with E-state index in [9.17, 15) is 4.79 Å². The van der Waals surface area contributed by atoms with Crippen LogP contribution in [0.3, 0.4) is 0 Å². The Morgan fingerprint density at radius 2 is 1.86 bits per heavy atom. The predicted molar refractivity (Wildman–Crippen MR) is 89.5 cm³/mol. The molecule has 0 N–H and O–H groups in total. The van der Waals surface area contributed by atoms with Crippen LogP contribution in [0.15, 0.2) is 42.0 Å². The van der Waals surface area contributed by atoms with Crippen LogP contribution >= 0.6 is 0 Å². The third-order valence-electron chi connectivity index (χ3n) is 4.28. The second kappa shape index (κ2) is 5.80. The van der Waals surface area contributed by atoms with Crippen molar-refractivity contribution in [3.05, 3.63) is 69.8 Å². The maximum atomic E-state index is 12.7. The lowest BCUT2D eigenvalue weighted by Gasteiger charge is -2.18. The van der Waals surface area contributed by atoms with Gasteiger partial charge in [0.05, 0.1) is 7.11 Å². The third kappa shape index (κ3) is 2.69. The molecular weight excluding hydrogens is 272 g/mol. The molecule has 0 amide bonds. The van der Waals surface area contributed by atoms with Gasteiger partial charge in [-0.05, 0) is 67.7 Å². The highest BCUT2D eigenvalue weighted by Gasteiger charge is 2.22. The van der Waals surface area contributed by atoms with Crippen molar-refractivity contribution in [1.82, 2.24) is 0 Å². The first kappa shape index (κ1) is 14.6. The van der Waals surface area contributed by atoms with Gasteiger partial charge in [-0.1, -0.05) is 23.8 Å². The van der Waals surface area contributed by atoms with Gasteiger partial charge in [-0.25, -0.2) is 0 Å². The average Bonchev–Trinajstić information content (AvgIpc) is 2.53. The number of hydrogen-bond donors (Lipinski definition) is 0. The fourth-order valence-corrected chi connectivity index (χ4v) is 2.92. The van der Waals surface area contributed by atoms with Crippen LogP contribution in [-0.4, -0.2) is 12.9 Å². The first-order valence-electron chi connectivity index (χ1n) is 7.58. The number of carbonyl (C=O) groups is 1. The van der Waals surface area contributed by atoms with Crippen molar-refractivity contribution in [2.24, 2.45) is 0 Å². The lowest BCUT2D eigenvalue weighted by Crippen LogP contribution is -2.14. The maximum absolute atomic E-state index is 12.7. The van der Waals surface area contributed by atoms with Crippen LogP contribution in [0.2, 0.25) is 0 Å². The summed E-state index contributed by atoms with van der Waals surface area (Å²) < 4.78 is 5.24. The summed E-state index contributed by atoms with van der Waals surface area (Å²) >= 11 is 0. The Morgan fingerprint density at radius 1 is 1.05 bits per heavy atom. The van der Waals surface area contributed by atoms with E-state index in [2.05, 4.69) is 38.1 Å². The number of ketones is 1. The van der Waals surface area contributed by atoms with Crippen LogP contribution in [0.1, 0.15) is 39.0 Å². The summed E-state index contributed by atoms with van der Waals surface area (Å²) in [5, 5.41) is 0. The van der Waals surface area contributed by atoms with Crippen LogP contribution in [0.5, 0.6) is 5.75 Å². The number of benzene rings is 2. The SMILES string of the molecule is COc1ccc2c(c1)CCC(=Cc1cc(C)ccc1C)C2=O. The lowest BCUT2D eigenvalue weighted by atomic mass is 9.85. The molecule has 0 saturated heterocycles. The highest BCUT2D eigenvalue weighted by molar-refractivity contribution is 6.13. The van der Waals surface area contributed by atoms with E-state index in [1.54, 1.807) is 7.11 Å². The number of ether oxygens (including phenoxy) is 1. The number of methoxy groups -OCH3 is 1. The number of carbonyl (C=O) groups excluding carboxylic acids is 1. The molecule has 0 aromatic heterocycles. The first-order chi connectivity index (χ1) is 10.6. The molecular formula is C20H20O2. The number of allylic oxidation sites excluding steroid dienone is 1. The topological polar surface area (TPSA) is 26.3 Å².